The van der Waals surface area contributed by atoms with Gasteiger partial charge in [-0.3, -0.25) is 4.98 Å². The Hall–Kier alpha value is -4.22. The lowest BCUT2D eigenvalue weighted by Crippen LogP contribution is -2.43. The predicted octanol–water partition coefficient (Wildman–Crippen LogP) is 3.26. The standard InChI is InChI=1S/C29H31N5O5/c1-35-13-3-5-20-6-7-23(29-28(20)38-19-39-29)33-27-21(17-30)18-32-24-16-26(25(36-2)15-22(24)27)37-14-4-10-34-11-8-31-9-12-34/h6-7,15-16,18,31H,4,8-14,19H2,1-2H3,(H,32,33). The molecule has 0 aliphatic carbocycles. The van der Waals surface area contributed by atoms with Crippen LogP contribution < -0.4 is 29.6 Å². The molecule has 0 radical (unpaired) electrons. The zero-order valence-electron chi connectivity index (χ0n) is 22.1. The summed E-state index contributed by atoms with van der Waals surface area (Å²) in [5, 5.41) is 17.3. The fourth-order valence-electron chi connectivity index (χ4n) is 4.63. The summed E-state index contributed by atoms with van der Waals surface area (Å²) in [5.41, 5.74) is 2.99. The molecule has 202 valence electrons. The fourth-order valence-corrected chi connectivity index (χ4v) is 4.63. The molecule has 0 bridgehead atoms. The van der Waals surface area contributed by atoms with Crippen LogP contribution in [0.2, 0.25) is 0 Å². The summed E-state index contributed by atoms with van der Waals surface area (Å²) >= 11 is 0. The van der Waals surface area contributed by atoms with Crippen LogP contribution in [0.1, 0.15) is 17.5 Å². The second-order valence-corrected chi connectivity index (χ2v) is 9.06. The highest BCUT2D eigenvalue weighted by atomic mass is 16.7. The molecule has 2 aliphatic heterocycles. The molecule has 3 heterocycles. The molecule has 1 saturated heterocycles. The number of benzene rings is 2. The molecule has 0 unspecified atom stereocenters. The third kappa shape index (κ3) is 5.94. The second kappa shape index (κ2) is 12.5. The minimum absolute atomic E-state index is 0.0817. The van der Waals surface area contributed by atoms with Crippen LogP contribution in [0.4, 0.5) is 11.4 Å². The van der Waals surface area contributed by atoms with Crippen LogP contribution in [-0.2, 0) is 4.74 Å². The average molecular weight is 530 g/mol. The minimum atomic E-state index is 0.0817. The summed E-state index contributed by atoms with van der Waals surface area (Å²) in [4.78, 5) is 6.96. The summed E-state index contributed by atoms with van der Waals surface area (Å²) in [7, 11) is 3.20. The van der Waals surface area contributed by atoms with Crippen molar-refractivity contribution in [3.63, 3.8) is 0 Å². The Kier molecular flexibility index (Phi) is 8.49. The Morgan fingerprint density at radius 2 is 1.95 bits per heavy atom. The van der Waals surface area contributed by atoms with Crippen LogP contribution in [0.25, 0.3) is 10.9 Å². The van der Waals surface area contributed by atoms with Gasteiger partial charge in [0, 0.05) is 57.5 Å². The number of hydrogen-bond donors (Lipinski definition) is 2. The number of hydrogen-bond acceptors (Lipinski definition) is 10. The summed E-state index contributed by atoms with van der Waals surface area (Å²) in [5.74, 6) is 8.25. The number of nitrogens with one attached hydrogen (secondary N) is 2. The van der Waals surface area contributed by atoms with Gasteiger partial charge in [0.2, 0.25) is 6.79 Å². The van der Waals surface area contributed by atoms with Gasteiger partial charge in [-0.2, -0.15) is 5.26 Å². The molecule has 5 rings (SSSR count). The maximum absolute atomic E-state index is 9.87. The van der Waals surface area contributed by atoms with Crippen LogP contribution in [0.15, 0.2) is 30.5 Å². The quantitative estimate of drug-likeness (QED) is 0.317. The zero-order chi connectivity index (χ0) is 27.0. The minimum Gasteiger partial charge on any atom is -0.493 e. The fraction of sp³-hybridized carbons (Fsp3) is 0.379. The Labute approximate surface area is 227 Å². The molecule has 0 saturated carbocycles. The van der Waals surface area contributed by atoms with Gasteiger partial charge in [0.25, 0.3) is 0 Å². The van der Waals surface area contributed by atoms with Gasteiger partial charge in [0.15, 0.2) is 23.0 Å². The Morgan fingerprint density at radius 1 is 1.10 bits per heavy atom. The molecule has 2 aliphatic rings. The molecule has 1 aromatic heterocycles. The third-order valence-electron chi connectivity index (χ3n) is 6.58. The second-order valence-electron chi connectivity index (χ2n) is 9.06. The van der Waals surface area contributed by atoms with E-state index in [4.69, 9.17) is 23.7 Å². The van der Waals surface area contributed by atoms with Gasteiger partial charge in [-0.05, 0) is 24.6 Å². The molecule has 3 aromatic rings. The largest absolute Gasteiger partial charge is 0.493 e. The Morgan fingerprint density at radius 3 is 2.74 bits per heavy atom. The number of ether oxygens (including phenoxy) is 5. The van der Waals surface area contributed by atoms with E-state index in [-0.39, 0.29) is 6.79 Å². The summed E-state index contributed by atoms with van der Waals surface area (Å²) in [6.07, 6.45) is 2.46. The van der Waals surface area contributed by atoms with Crippen molar-refractivity contribution >= 4 is 22.3 Å². The topological polar surface area (TPSA) is 110 Å². The van der Waals surface area contributed by atoms with E-state index in [1.807, 2.05) is 24.3 Å². The molecule has 10 heteroatoms. The first-order chi connectivity index (χ1) is 19.2. The first-order valence-electron chi connectivity index (χ1n) is 12.9. The number of methoxy groups -OCH3 is 2. The van der Waals surface area contributed by atoms with E-state index in [9.17, 15) is 5.26 Å². The van der Waals surface area contributed by atoms with Crippen LogP contribution >= 0.6 is 0 Å². The highest BCUT2D eigenvalue weighted by molar-refractivity contribution is 5.98. The van der Waals surface area contributed by atoms with Gasteiger partial charge in [-0.15, -0.1) is 0 Å². The summed E-state index contributed by atoms with van der Waals surface area (Å²) in [6.45, 7) is 6.13. The molecular weight excluding hydrogens is 498 g/mol. The third-order valence-corrected chi connectivity index (χ3v) is 6.58. The van der Waals surface area contributed by atoms with Crippen molar-refractivity contribution in [3.8, 4) is 40.9 Å². The molecular formula is C29H31N5O5. The van der Waals surface area contributed by atoms with Crippen LogP contribution in [-0.4, -0.2) is 76.8 Å². The lowest BCUT2D eigenvalue weighted by Gasteiger charge is -2.27. The Bertz CT molecular complexity index is 1440. The molecule has 1 fully saturated rings. The Balaban J connectivity index is 1.41. The number of fused-ring (bicyclic) bond motifs is 2. The van der Waals surface area contributed by atoms with Gasteiger partial charge in [0.05, 0.1) is 41.7 Å². The van der Waals surface area contributed by atoms with Gasteiger partial charge in [-0.1, -0.05) is 11.8 Å². The van der Waals surface area contributed by atoms with Crippen LogP contribution in [0, 0.1) is 23.2 Å². The lowest BCUT2D eigenvalue weighted by molar-refractivity contribution is 0.174. The first kappa shape index (κ1) is 26.4. The van der Waals surface area contributed by atoms with E-state index in [1.165, 1.54) is 0 Å². The van der Waals surface area contributed by atoms with Gasteiger partial charge in [-0.25, -0.2) is 0 Å². The molecule has 10 nitrogen and oxygen atoms in total. The van der Waals surface area contributed by atoms with Crippen LogP contribution in [0.3, 0.4) is 0 Å². The van der Waals surface area contributed by atoms with E-state index in [1.54, 1.807) is 20.4 Å². The van der Waals surface area contributed by atoms with Crippen molar-refractivity contribution in [2.75, 3.05) is 72.3 Å². The molecule has 2 aromatic carbocycles. The summed E-state index contributed by atoms with van der Waals surface area (Å²) < 4.78 is 28.2. The molecule has 0 atom stereocenters. The monoisotopic (exact) mass is 529 g/mol. The summed E-state index contributed by atoms with van der Waals surface area (Å²) in [6, 6.07) is 9.63. The number of anilines is 2. The van der Waals surface area contributed by atoms with Gasteiger partial charge in [0.1, 0.15) is 12.7 Å². The normalized spacial score (nSPS) is 14.4. The number of nitriles is 1. The predicted molar refractivity (Wildman–Crippen MR) is 147 cm³/mol. The van der Waals surface area contributed by atoms with Crippen molar-refractivity contribution in [3.05, 3.63) is 41.6 Å². The highest BCUT2D eigenvalue weighted by Crippen LogP contribution is 2.44. The molecule has 0 spiro atoms. The van der Waals surface area contributed by atoms with Crippen molar-refractivity contribution in [1.82, 2.24) is 15.2 Å². The number of pyridine rings is 1. The average Bonchev–Trinajstić information content (AvgIpc) is 3.47. The zero-order valence-corrected chi connectivity index (χ0v) is 22.1. The number of aromatic nitrogens is 1. The van der Waals surface area contributed by atoms with Crippen molar-refractivity contribution in [1.29, 1.82) is 5.26 Å². The number of nitrogens with zero attached hydrogens (tertiary/aromatic N) is 3. The van der Waals surface area contributed by atoms with E-state index >= 15 is 0 Å². The maximum atomic E-state index is 9.87. The van der Waals surface area contributed by atoms with Crippen molar-refractivity contribution < 1.29 is 23.7 Å². The van der Waals surface area contributed by atoms with Gasteiger partial charge < -0.3 is 39.2 Å². The smallest absolute Gasteiger partial charge is 0.231 e. The van der Waals surface area contributed by atoms with Crippen molar-refractivity contribution in [2.24, 2.45) is 0 Å². The van der Waals surface area contributed by atoms with Crippen molar-refractivity contribution in [2.45, 2.75) is 6.42 Å². The van der Waals surface area contributed by atoms with E-state index in [0.717, 1.165) is 44.5 Å². The van der Waals surface area contributed by atoms with Gasteiger partial charge >= 0.3 is 0 Å². The molecule has 39 heavy (non-hydrogen) atoms. The number of rotatable bonds is 9. The number of piperazine rings is 1. The SMILES string of the molecule is COCC#Cc1ccc(Nc2c(C#N)cnc3cc(OCCCN4CCNCC4)c(OC)cc23)c2c1OCO2. The maximum Gasteiger partial charge on any atom is 0.231 e. The van der Waals surface area contributed by atoms with E-state index in [2.05, 4.69) is 38.4 Å². The van der Waals surface area contributed by atoms with E-state index < -0.39 is 0 Å². The molecule has 0 amide bonds. The van der Waals surface area contributed by atoms with E-state index in [0.29, 0.717) is 64.2 Å². The lowest BCUT2D eigenvalue weighted by atomic mass is 10.1. The highest BCUT2D eigenvalue weighted by Gasteiger charge is 2.23. The first-order valence-corrected chi connectivity index (χ1v) is 12.9. The molecule has 2 N–H and O–H groups in total. The van der Waals surface area contributed by atoms with Crippen LogP contribution in [0.5, 0.6) is 23.0 Å².